The highest BCUT2D eigenvalue weighted by molar-refractivity contribution is 9.10. The SMILES string of the molecule is Cc1ccc(Cn2cc(Br)c(NC(=O)Cn3nc(C)c4c(-c5ccco5)ccnc43)n2)cc1. The summed E-state index contributed by atoms with van der Waals surface area (Å²) in [7, 11) is 0. The summed E-state index contributed by atoms with van der Waals surface area (Å²) in [6.07, 6.45) is 5.17. The number of benzene rings is 1. The van der Waals surface area contributed by atoms with Gasteiger partial charge in [0.1, 0.15) is 12.3 Å². The maximum Gasteiger partial charge on any atom is 0.247 e. The fourth-order valence-corrected chi connectivity index (χ4v) is 4.19. The van der Waals surface area contributed by atoms with Gasteiger partial charge in [-0.3, -0.25) is 9.48 Å². The number of fused-ring (bicyclic) bond motifs is 1. The predicted molar refractivity (Wildman–Crippen MR) is 129 cm³/mol. The van der Waals surface area contributed by atoms with Gasteiger partial charge >= 0.3 is 0 Å². The molecular formula is C24H21BrN6O2. The summed E-state index contributed by atoms with van der Waals surface area (Å²) < 4.78 is 9.65. The van der Waals surface area contributed by atoms with Crippen LogP contribution < -0.4 is 5.32 Å². The van der Waals surface area contributed by atoms with E-state index in [9.17, 15) is 4.79 Å². The number of nitrogens with zero attached hydrogens (tertiary/aromatic N) is 5. The number of aromatic nitrogens is 5. The van der Waals surface area contributed by atoms with Crippen molar-refractivity contribution in [3.63, 3.8) is 0 Å². The lowest BCUT2D eigenvalue weighted by Crippen LogP contribution is -2.20. The van der Waals surface area contributed by atoms with Crippen LogP contribution >= 0.6 is 15.9 Å². The van der Waals surface area contributed by atoms with Crippen molar-refractivity contribution in [2.24, 2.45) is 0 Å². The Balaban J connectivity index is 1.34. The van der Waals surface area contributed by atoms with Crippen molar-refractivity contribution in [1.82, 2.24) is 24.5 Å². The van der Waals surface area contributed by atoms with Crippen LogP contribution in [0.1, 0.15) is 16.8 Å². The molecular weight excluding hydrogens is 484 g/mol. The van der Waals surface area contributed by atoms with E-state index in [1.54, 1.807) is 21.8 Å². The molecule has 4 heterocycles. The Kier molecular flexibility index (Phi) is 5.55. The Morgan fingerprint density at radius 3 is 2.70 bits per heavy atom. The molecule has 0 radical (unpaired) electrons. The monoisotopic (exact) mass is 504 g/mol. The standard InChI is InChI=1S/C24H21BrN6O2/c1-15-5-7-17(8-6-15)12-30-13-19(25)23(29-30)27-21(32)14-31-24-22(16(2)28-31)18(9-10-26-24)20-4-3-11-33-20/h3-11,13H,12,14H2,1-2H3,(H,27,29,32). The molecule has 0 spiro atoms. The fourth-order valence-electron chi connectivity index (χ4n) is 3.78. The van der Waals surface area contributed by atoms with Gasteiger partial charge in [0, 0.05) is 18.0 Å². The molecule has 0 aliphatic rings. The van der Waals surface area contributed by atoms with E-state index in [1.807, 2.05) is 31.3 Å². The average Bonchev–Trinajstić information content (AvgIpc) is 3.51. The smallest absolute Gasteiger partial charge is 0.247 e. The van der Waals surface area contributed by atoms with Crippen LogP contribution in [0.3, 0.4) is 0 Å². The summed E-state index contributed by atoms with van der Waals surface area (Å²) in [6, 6.07) is 13.9. The summed E-state index contributed by atoms with van der Waals surface area (Å²) >= 11 is 3.49. The average molecular weight is 505 g/mol. The molecule has 0 bridgehead atoms. The van der Waals surface area contributed by atoms with Crippen LogP contribution in [0.2, 0.25) is 0 Å². The summed E-state index contributed by atoms with van der Waals surface area (Å²) in [5.41, 5.74) is 4.64. The van der Waals surface area contributed by atoms with Gasteiger partial charge in [-0.25, -0.2) is 9.67 Å². The molecule has 166 valence electrons. The first-order valence-electron chi connectivity index (χ1n) is 10.4. The second-order valence-corrected chi connectivity index (χ2v) is 8.69. The van der Waals surface area contributed by atoms with Gasteiger partial charge in [-0.2, -0.15) is 10.2 Å². The van der Waals surface area contributed by atoms with Gasteiger partial charge in [-0.1, -0.05) is 29.8 Å². The molecule has 5 aromatic rings. The third kappa shape index (κ3) is 4.31. The normalized spacial score (nSPS) is 11.2. The molecule has 0 saturated heterocycles. The van der Waals surface area contributed by atoms with Crippen molar-refractivity contribution >= 4 is 38.7 Å². The Morgan fingerprint density at radius 1 is 1.12 bits per heavy atom. The second kappa shape index (κ2) is 8.67. The van der Waals surface area contributed by atoms with Crippen molar-refractivity contribution in [1.29, 1.82) is 0 Å². The summed E-state index contributed by atoms with van der Waals surface area (Å²) in [5, 5.41) is 12.8. The van der Waals surface area contributed by atoms with Crippen LogP contribution in [0.5, 0.6) is 0 Å². The lowest BCUT2D eigenvalue weighted by atomic mass is 10.1. The molecule has 33 heavy (non-hydrogen) atoms. The highest BCUT2D eigenvalue weighted by Gasteiger charge is 2.18. The van der Waals surface area contributed by atoms with Crippen molar-refractivity contribution in [2.75, 3.05) is 5.32 Å². The van der Waals surface area contributed by atoms with E-state index in [-0.39, 0.29) is 12.5 Å². The molecule has 1 amide bonds. The molecule has 1 aromatic carbocycles. The Hall–Kier alpha value is -3.72. The van der Waals surface area contributed by atoms with Crippen molar-refractivity contribution < 1.29 is 9.21 Å². The molecule has 0 unspecified atom stereocenters. The number of aryl methyl sites for hydroxylation is 2. The van der Waals surface area contributed by atoms with E-state index in [0.717, 1.165) is 28.0 Å². The topological polar surface area (TPSA) is 90.8 Å². The Morgan fingerprint density at radius 2 is 1.94 bits per heavy atom. The zero-order valence-corrected chi connectivity index (χ0v) is 19.7. The van der Waals surface area contributed by atoms with Gasteiger partial charge < -0.3 is 9.73 Å². The van der Waals surface area contributed by atoms with Gasteiger partial charge in [-0.05, 0) is 53.5 Å². The molecule has 0 saturated carbocycles. The highest BCUT2D eigenvalue weighted by Crippen LogP contribution is 2.30. The number of carbonyl (C=O) groups is 1. The molecule has 9 heteroatoms. The third-order valence-electron chi connectivity index (χ3n) is 5.33. The minimum Gasteiger partial charge on any atom is -0.464 e. The van der Waals surface area contributed by atoms with Gasteiger partial charge in [0.25, 0.3) is 0 Å². The number of halogens is 1. The first kappa shape index (κ1) is 21.1. The van der Waals surface area contributed by atoms with E-state index in [4.69, 9.17) is 4.42 Å². The summed E-state index contributed by atoms with van der Waals surface area (Å²) in [5.74, 6) is 0.952. The number of amides is 1. The largest absolute Gasteiger partial charge is 0.464 e. The minimum atomic E-state index is -0.245. The van der Waals surface area contributed by atoms with Crippen LogP contribution in [0, 0.1) is 13.8 Å². The van der Waals surface area contributed by atoms with Crippen molar-refractivity contribution in [3.8, 4) is 11.3 Å². The third-order valence-corrected chi connectivity index (χ3v) is 5.91. The van der Waals surface area contributed by atoms with Crippen LogP contribution in [0.4, 0.5) is 5.82 Å². The molecule has 0 aliphatic heterocycles. The lowest BCUT2D eigenvalue weighted by Gasteiger charge is -2.05. The number of pyridine rings is 1. The Bertz CT molecular complexity index is 1430. The minimum absolute atomic E-state index is 0.0101. The fraction of sp³-hybridized carbons (Fsp3) is 0.167. The van der Waals surface area contributed by atoms with E-state index >= 15 is 0 Å². The summed E-state index contributed by atoms with van der Waals surface area (Å²) in [6.45, 7) is 4.57. The van der Waals surface area contributed by atoms with Gasteiger partial charge in [0.2, 0.25) is 5.91 Å². The number of rotatable bonds is 6. The molecule has 8 nitrogen and oxygen atoms in total. The zero-order chi connectivity index (χ0) is 22.9. The lowest BCUT2D eigenvalue weighted by molar-refractivity contribution is -0.116. The predicted octanol–water partition coefficient (Wildman–Crippen LogP) is 4.95. The summed E-state index contributed by atoms with van der Waals surface area (Å²) in [4.78, 5) is 17.3. The number of hydrogen-bond donors (Lipinski definition) is 1. The zero-order valence-electron chi connectivity index (χ0n) is 18.1. The number of furan rings is 1. The van der Waals surface area contributed by atoms with Gasteiger partial charge in [0.15, 0.2) is 11.5 Å². The van der Waals surface area contributed by atoms with Crippen LogP contribution in [-0.2, 0) is 17.9 Å². The second-order valence-electron chi connectivity index (χ2n) is 7.83. The van der Waals surface area contributed by atoms with E-state index in [0.29, 0.717) is 22.5 Å². The van der Waals surface area contributed by atoms with E-state index in [1.165, 1.54) is 5.56 Å². The maximum absolute atomic E-state index is 12.8. The molecule has 0 aliphatic carbocycles. The molecule has 5 rings (SSSR count). The van der Waals surface area contributed by atoms with Crippen LogP contribution in [-0.4, -0.2) is 30.5 Å². The van der Waals surface area contributed by atoms with Crippen molar-refractivity contribution in [2.45, 2.75) is 26.9 Å². The number of carbonyl (C=O) groups excluding carboxylic acids is 1. The van der Waals surface area contributed by atoms with Crippen LogP contribution in [0.25, 0.3) is 22.4 Å². The van der Waals surface area contributed by atoms with Crippen LogP contribution in [0.15, 0.2) is 70.0 Å². The maximum atomic E-state index is 12.8. The Labute approximate surface area is 198 Å². The molecule has 1 N–H and O–H groups in total. The first-order valence-corrected chi connectivity index (χ1v) is 11.2. The molecule has 4 aromatic heterocycles. The molecule has 0 fully saturated rings. The highest BCUT2D eigenvalue weighted by atomic mass is 79.9. The quantitative estimate of drug-likeness (QED) is 0.353. The van der Waals surface area contributed by atoms with Gasteiger partial charge in [-0.15, -0.1) is 0 Å². The van der Waals surface area contributed by atoms with Gasteiger partial charge in [0.05, 0.1) is 28.4 Å². The number of nitrogens with one attached hydrogen (secondary N) is 1. The first-order chi connectivity index (χ1) is 16.0. The van der Waals surface area contributed by atoms with E-state index in [2.05, 4.69) is 67.6 Å². The number of anilines is 1. The van der Waals surface area contributed by atoms with E-state index < -0.39 is 0 Å². The molecule has 0 atom stereocenters. The number of hydrogen-bond acceptors (Lipinski definition) is 5. The van der Waals surface area contributed by atoms with Crippen molar-refractivity contribution in [3.05, 3.63) is 82.4 Å².